The van der Waals surface area contributed by atoms with E-state index in [2.05, 4.69) is 4.98 Å². The predicted molar refractivity (Wildman–Crippen MR) is 66.7 cm³/mol. The van der Waals surface area contributed by atoms with Crippen LogP contribution >= 0.6 is 23.2 Å². The van der Waals surface area contributed by atoms with Crippen LogP contribution in [0.1, 0.15) is 12.2 Å². The number of imidazole rings is 1. The first-order valence-corrected chi connectivity index (χ1v) is 5.77. The number of nitrogens with zero attached hydrogens (tertiary/aromatic N) is 2. The Morgan fingerprint density at radius 3 is 2.71 bits per heavy atom. The number of halogens is 2. The molecule has 2 rings (SSSR count). The van der Waals surface area contributed by atoms with Gasteiger partial charge in [0.25, 0.3) is 0 Å². The molecule has 0 amide bonds. The number of hydrogen-bond acceptors (Lipinski definition) is 2. The number of aromatic nitrogens is 2. The van der Waals surface area contributed by atoms with E-state index in [-0.39, 0.29) is 6.42 Å². The van der Waals surface area contributed by atoms with Crippen LogP contribution in [0.5, 0.6) is 0 Å². The zero-order valence-electron chi connectivity index (χ0n) is 9.07. The quantitative estimate of drug-likeness (QED) is 0.935. The predicted octanol–water partition coefficient (Wildman–Crippen LogP) is 2.90. The smallest absolute Gasteiger partial charge is 0.303 e. The van der Waals surface area contributed by atoms with E-state index in [1.54, 1.807) is 12.1 Å². The van der Waals surface area contributed by atoms with Gasteiger partial charge < -0.3 is 9.67 Å². The van der Waals surface area contributed by atoms with Crippen LogP contribution in [-0.4, -0.2) is 20.6 Å². The molecule has 1 aromatic heterocycles. The zero-order valence-corrected chi connectivity index (χ0v) is 10.6. The molecule has 90 valence electrons. The summed E-state index contributed by atoms with van der Waals surface area (Å²) in [7, 11) is 1.83. The summed E-state index contributed by atoms with van der Waals surface area (Å²) >= 11 is 11.8. The van der Waals surface area contributed by atoms with Crippen molar-refractivity contribution in [2.45, 2.75) is 12.8 Å². The van der Waals surface area contributed by atoms with Gasteiger partial charge in [0.15, 0.2) is 0 Å². The lowest BCUT2D eigenvalue weighted by molar-refractivity contribution is -0.137. The monoisotopic (exact) mass is 272 g/mol. The van der Waals surface area contributed by atoms with Crippen LogP contribution in [0, 0.1) is 0 Å². The lowest BCUT2D eigenvalue weighted by Crippen LogP contribution is -2.03. The normalized spacial score (nSPS) is 11.0. The van der Waals surface area contributed by atoms with Gasteiger partial charge in [-0.05, 0) is 12.1 Å². The number of carbonyl (C=O) groups is 1. The Bertz CT molecular complexity index is 593. The van der Waals surface area contributed by atoms with Crippen LogP contribution in [0.25, 0.3) is 11.0 Å². The van der Waals surface area contributed by atoms with Gasteiger partial charge in [-0.3, -0.25) is 4.79 Å². The minimum absolute atomic E-state index is 0.0542. The highest BCUT2D eigenvalue weighted by atomic mass is 35.5. The number of benzene rings is 1. The molecule has 0 aliphatic rings. The Morgan fingerprint density at radius 1 is 1.41 bits per heavy atom. The SMILES string of the molecule is Cn1c(CCC(=O)O)nc2cc(Cl)c(Cl)cc21. The van der Waals surface area contributed by atoms with Crippen LogP contribution in [0.3, 0.4) is 0 Å². The molecule has 1 N–H and O–H groups in total. The van der Waals surface area contributed by atoms with Crippen molar-refractivity contribution in [3.8, 4) is 0 Å². The molecular formula is C11H10Cl2N2O2. The van der Waals surface area contributed by atoms with Gasteiger partial charge in [-0.25, -0.2) is 4.98 Å². The molecule has 0 radical (unpaired) electrons. The second kappa shape index (κ2) is 4.55. The van der Waals surface area contributed by atoms with E-state index in [9.17, 15) is 4.79 Å². The lowest BCUT2D eigenvalue weighted by Gasteiger charge is -2.00. The molecule has 0 unspecified atom stereocenters. The molecule has 0 spiro atoms. The summed E-state index contributed by atoms with van der Waals surface area (Å²) in [6, 6.07) is 3.42. The highest BCUT2D eigenvalue weighted by Crippen LogP contribution is 2.28. The molecule has 0 saturated heterocycles. The fourth-order valence-corrected chi connectivity index (χ4v) is 2.00. The van der Waals surface area contributed by atoms with Gasteiger partial charge in [0, 0.05) is 13.5 Å². The minimum atomic E-state index is -0.840. The largest absolute Gasteiger partial charge is 0.481 e. The summed E-state index contributed by atoms with van der Waals surface area (Å²) in [5.41, 5.74) is 1.57. The summed E-state index contributed by atoms with van der Waals surface area (Å²) in [5.74, 6) is -0.131. The van der Waals surface area contributed by atoms with Crippen molar-refractivity contribution in [2.75, 3.05) is 0 Å². The molecule has 17 heavy (non-hydrogen) atoms. The number of rotatable bonds is 3. The number of carboxylic acids is 1. The Hall–Kier alpha value is -1.26. The van der Waals surface area contributed by atoms with Crippen molar-refractivity contribution in [2.24, 2.45) is 7.05 Å². The van der Waals surface area contributed by atoms with Gasteiger partial charge in [-0.2, -0.15) is 0 Å². The van der Waals surface area contributed by atoms with Crippen LogP contribution in [0.15, 0.2) is 12.1 Å². The van der Waals surface area contributed by atoms with E-state index in [1.165, 1.54) is 0 Å². The van der Waals surface area contributed by atoms with Crippen molar-refractivity contribution in [1.82, 2.24) is 9.55 Å². The van der Waals surface area contributed by atoms with Crippen molar-refractivity contribution in [3.05, 3.63) is 28.0 Å². The second-order valence-electron chi connectivity index (χ2n) is 3.74. The second-order valence-corrected chi connectivity index (χ2v) is 4.55. The molecular weight excluding hydrogens is 263 g/mol. The maximum Gasteiger partial charge on any atom is 0.303 e. The summed E-state index contributed by atoms with van der Waals surface area (Å²) in [5, 5.41) is 9.56. The first-order valence-electron chi connectivity index (χ1n) is 5.01. The Morgan fingerprint density at radius 2 is 2.06 bits per heavy atom. The number of carboxylic acid groups (broad SMARTS) is 1. The summed E-state index contributed by atoms with van der Waals surface area (Å²) in [6.07, 6.45) is 0.439. The fraction of sp³-hybridized carbons (Fsp3) is 0.273. The molecule has 0 saturated carbocycles. The average molecular weight is 273 g/mol. The molecule has 0 aliphatic carbocycles. The van der Waals surface area contributed by atoms with Crippen LogP contribution < -0.4 is 0 Å². The number of aryl methyl sites for hydroxylation is 2. The first-order chi connectivity index (χ1) is 7.99. The maximum atomic E-state index is 10.5. The number of aliphatic carboxylic acids is 1. The Labute approximate surface area is 108 Å². The molecule has 0 aliphatic heterocycles. The zero-order chi connectivity index (χ0) is 12.6. The van der Waals surface area contributed by atoms with Gasteiger partial charge in [-0.1, -0.05) is 23.2 Å². The minimum Gasteiger partial charge on any atom is -0.481 e. The molecule has 1 aromatic carbocycles. The Kier molecular flexibility index (Phi) is 3.26. The highest BCUT2D eigenvalue weighted by Gasteiger charge is 2.11. The molecule has 6 heteroatoms. The van der Waals surface area contributed by atoms with E-state index in [0.717, 1.165) is 11.0 Å². The molecule has 0 atom stereocenters. The van der Waals surface area contributed by atoms with E-state index < -0.39 is 5.97 Å². The van der Waals surface area contributed by atoms with Crippen LogP contribution in [0.2, 0.25) is 10.0 Å². The molecule has 0 bridgehead atoms. The summed E-state index contributed by atoms with van der Waals surface area (Å²) in [6.45, 7) is 0. The first kappa shape index (κ1) is 12.2. The van der Waals surface area contributed by atoms with Gasteiger partial charge in [0.2, 0.25) is 0 Å². The standard InChI is InChI=1S/C11H10Cl2N2O2/c1-15-9-5-7(13)6(12)4-8(9)14-10(15)2-3-11(16)17/h4-5H,2-3H2,1H3,(H,16,17). The van der Waals surface area contributed by atoms with Gasteiger partial charge in [0.1, 0.15) is 5.82 Å². The van der Waals surface area contributed by atoms with E-state index in [0.29, 0.717) is 22.3 Å². The molecule has 2 aromatic rings. The summed E-state index contributed by atoms with van der Waals surface area (Å²) < 4.78 is 1.83. The van der Waals surface area contributed by atoms with Crippen molar-refractivity contribution >= 4 is 40.2 Å². The average Bonchev–Trinajstić information content (AvgIpc) is 2.54. The summed E-state index contributed by atoms with van der Waals surface area (Å²) in [4.78, 5) is 14.9. The van der Waals surface area contributed by atoms with Crippen LogP contribution in [-0.2, 0) is 18.3 Å². The molecule has 0 fully saturated rings. The third kappa shape index (κ3) is 2.37. The van der Waals surface area contributed by atoms with Crippen molar-refractivity contribution < 1.29 is 9.90 Å². The number of fused-ring (bicyclic) bond motifs is 1. The lowest BCUT2D eigenvalue weighted by atomic mass is 10.3. The molecule has 1 heterocycles. The molecule has 4 nitrogen and oxygen atoms in total. The van der Waals surface area contributed by atoms with Gasteiger partial charge in [-0.15, -0.1) is 0 Å². The Balaban J connectivity index is 2.45. The van der Waals surface area contributed by atoms with E-state index >= 15 is 0 Å². The van der Waals surface area contributed by atoms with E-state index in [4.69, 9.17) is 28.3 Å². The third-order valence-corrected chi connectivity index (χ3v) is 3.30. The highest BCUT2D eigenvalue weighted by molar-refractivity contribution is 6.42. The maximum absolute atomic E-state index is 10.5. The third-order valence-electron chi connectivity index (χ3n) is 2.58. The van der Waals surface area contributed by atoms with Crippen molar-refractivity contribution in [3.63, 3.8) is 0 Å². The van der Waals surface area contributed by atoms with Gasteiger partial charge in [0.05, 0.1) is 27.5 Å². The van der Waals surface area contributed by atoms with Crippen LogP contribution in [0.4, 0.5) is 0 Å². The number of hydrogen-bond donors (Lipinski definition) is 1. The van der Waals surface area contributed by atoms with Gasteiger partial charge >= 0.3 is 5.97 Å². The fourth-order valence-electron chi connectivity index (χ4n) is 1.68. The topological polar surface area (TPSA) is 55.1 Å². The van der Waals surface area contributed by atoms with Crippen molar-refractivity contribution in [1.29, 1.82) is 0 Å². The van der Waals surface area contributed by atoms with E-state index in [1.807, 2.05) is 11.6 Å².